The molecule has 5 heteroatoms. The van der Waals surface area contributed by atoms with E-state index in [9.17, 15) is 9.59 Å². The molecule has 0 bridgehead atoms. The zero-order valence-electron chi connectivity index (χ0n) is 17.6. The van der Waals surface area contributed by atoms with Crippen LogP contribution in [0.4, 0.5) is 11.4 Å². The summed E-state index contributed by atoms with van der Waals surface area (Å²) in [6, 6.07) is 24.9. The standard InChI is InChI=1S/C26H24N2O3/c1-3-18-11-15-20(16-12-18)27-25(29)22-23(19-13-9-17(2)10-14-19)28(31-24(22)26(27)30)21-7-5-4-6-8-21/h4-16,22-24H,3H2,1-2H3/t22-,23-,24-/m0/s1. The Hall–Kier alpha value is -3.44. The molecule has 2 amide bonds. The van der Waals surface area contributed by atoms with Gasteiger partial charge in [-0.05, 0) is 48.7 Å². The van der Waals surface area contributed by atoms with Crippen molar-refractivity contribution >= 4 is 23.2 Å². The maximum absolute atomic E-state index is 13.6. The van der Waals surface area contributed by atoms with Crippen LogP contribution in [0.2, 0.25) is 0 Å². The highest BCUT2D eigenvalue weighted by Crippen LogP contribution is 2.47. The number of rotatable bonds is 4. The highest BCUT2D eigenvalue weighted by Gasteiger charge is 2.60. The Balaban J connectivity index is 1.56. The number of nitrogens with zero attached hydrogens (tertiary/aromatic N) is 2. The van der Waals surface area contributed by atoms with E-state index in [1.807, 2.05) is 85.8 Å². The minimum absolute atomic E-state index is 0.219. The Bertz CT molecular complexity index is 1110. The van der Waals surface area contributed by atoms with Gasteiger partial charge in [-0.25, -0.2) is 9.96 Å². The fourth-order valence-electron chi connectivity index (χ4n) is 4.45. The van der Waals surface area contributed by atoms with Gasteiger partial charge < -0.3 is 0 Å². The van der Waals surface area contributed by atoms with E-state index in [1.54, 1.807) is 5.06 Å². The Morgan fingerprint density at radius 2 is 1.48 bits per heavy atom. The first kappa shape index (κ1) is 19.5. The number of anilines is 2. The fraction of sp³-hybridized carbons (Fsp3) is 0.231. The molecular formula is C26H24N2O3. The SMILES string of the molecule is CCc1ccc(N2C(=O)[C@@H]3[C@H](ON(c4ccccc4)[C@H]3c3ccc(C)cc3)C2=O)cc1. The highest BCUT2D eigenvalue weighted by molar-refractivity contribution is 6.23. The highest BCUT2D eigenvalue weighted by atomic mass is 16.7. The number of para-hydroxylation sites is 1. The number of carbonyl (C=O) groups is 2. The van der Waals surface area contributed by atoms with Crippen molar-refractivity contribution in [2.75, 3.05) is 9.96 Å². The molecule has 3 atom stereocenters. The number of amides is 2. The van der Waals surface area contributed by atoms with Crippen molar-refractivity contribution < 1.29 is 14.4 Å². The quantitative estimate of drug-likeness (QED) is 0.588. The van der Waals surface area contributed by atoms with Gasteiger partial charge in [0, 0.05) is 0 Å². The smallest absolute Gasteiger partial charge is 0.266 e. The largest absolute Gasteiger partial charge is 0.273 e. The number of carbonyl (C=O) groups excluding carboxylic acids is 2. The Morgan fingerprint density at radius 3 is 2.13 bits per heavy atom. The molecule has 5 rings (SSSR count). The molecule has 156 valence electrons. The first-order chi connectivity index (χ1) is 15.1. The predicted octanol–water partition coefficient (Wildman–Crippen LogP) is 4.61. The first-order valence-electron chi connectivity index (χ1n) is 10.6. The second-order valence-corrected chi connectivity index (χ2v) is 8.10. The topological polar surface area (TPSA) is 49.9 Å². The lowest BCUT2D eigenvalue weighted by atomic mass is 9.90. The Morgan fingerprint density at radius 1 is 0.806 bits per heavy atom. The van der Waals surface area contributed by atoms with E-state index in [1.165, 1.54) is 4.90 Å². The monoisotopic (exact) mass is 412 g/mol. The molecule has 2 aliphatic rings. The van der Waals surface area contributed by atoms with Crippen molar-refractivity contribution in [1.82, 2.24) is 0 Å². The van der Waals surface area contributed by atoms with Crippen LogP contribution in [0.15, 0.2) is 78.9 Å². The number of imide groups is 1. The van der Waals surface area contributed by atoms with Crippen molar-refractivity contribution in [2.24, 2.45) is 5.92 Å². The molecule has 2 fully saturated rings. The summed E-state index contributed by atoms with van der Waals surface area (Å²) in [6.45, 7) is 4.10. The molecule has 0 N–H and O–H groups in total. The van der Waals surface area contributed by atoms with Gasteiger partial charge >= 0.3 is 0 Å². The van der Waals surface area contributed by atoms with Crippen LogP contribution < -0.4 is 9.96 Å². The minimum atomic E-state index is -0.843. The van der Waals surface area contributed by atoms with Crippen LogP contribution in [-0.2, 0) is 20.8 Å². The van der Waals surface area contributed by atoms with Gasteiger partial charge in [-0.2, -0.15) is 0 Å². The van der Waals surface area contributed by atoms with Gasteiger partial charge in [-0.3, -0.25) is 14.4 Å². The van der Waals surface area contributed by atoms with E-state index in [0.717, 1.165) is 28.8 Å². The van der Waals surface area contributed by atoms with Crippen molar-refractivity contribution in [3.63, 3.8) is 0 Å². The van der Waals surface area contributed by atoms with Crippen molar-refractivity contribution in [3.05, 3.63) is 95.6 Å². The van der Waals surface area contributed by atoms with E-state index >= 15 is 0 Å². The second-order valence-electron chi connectivity index (χ2n) is 8.10. The molecule has 0 aliphatic carbocycles. The lowest BCUT2D eigenvalue weighted by Gasteiger charge is -2.28. The minimum Gasteiger partial charge on any atom is -0.273 e. The van der Waals surface area contributed by atoms with Gasteiger partial charge in [0.15, 0.2) is 6.10 Å². The zero-order valence-corrected chi connectivity index (χ0v) is 17.6. The van der Waals surface area contributed by atoms with Gasteiger partial charge in [-0.1, -0.05) is 67.1 Å². The third-order valence-corrected chi connectivity index (χ3v) is 6.15. The van der Waals surface area contributed by atoms with E-state index in [4.69, 9.17) is 4.84 Å². The van der Waals surface area contributed by atoms with Gasteiger partial charge in [-0.15, -0.1) is 0 Å². The maximum atomic E-state index is 13.6. The number of benzene rings is 3. The van der Waals surface area contributed by atoms with E-state index in [-0.39, 0.29) is 17.9 Å². The number of hydroxylamine groups is 1. The number of hydrogen-bond donors (Lipinski definition) is 0. The van der Waals surface area contributed by atoms with E-state index < -0.39 is 12.0 Å². The summed E-state index contributed by atoms with van der Waals surface area (Å²) < 4.78 is 0. The summed E-state index contributed by atoms with van der Waals surface area (Å²) in [5.74, 6) is -1.14. The number of aryl methyl sites for hydroxylation is 2. The number of fused-ring (bicyclic) bond motifs is 1. The molecule has 0 saturated carbocycles. The second kappa shape index (κ2) is 7.67. The predicted molar refractivity (Wildman–Crippen MR) is 120 cm³/mol. The Kier molecular flexibility index (Phi) is 4.83. The summed E-state index contributed by atoms with van der Waals surface area (Å²) in [5.41, 5.74) is 4.66. The lowest BCUT2D eigenvalue weighted by Crippen LogP contribution is -2.37. The summed E-state index contributed by atoms with van der Waals surface area (Å²) in [6.07, 6.45) is 0.0581. The van der Waals surface area contributed by atoms with Gasteiger partial charge in [0.2, 0.25) is 5.91 Å². The molecule has 0 spiro atoms. The molecular weight excluding hydrogens is 388 g/mol. The lowest BCUT2D eigenvalue weighted by molar-refractivity contribution is -0.126. The van der Waals surface area contributed by atoms with Crippen LogP contribution in [0.5, 0.6) is 0 Å². The van der Waals surface area contributed by atoms with E-state index in [2.05, 4.69) is 6.92 Å². The molecule has 2 aliphatic heterocycles. The number of hydrogen-bond acceptors (Lipinski definition) is 4. The van der Waals surface area contributed by atoms with Crippen LogP contribution >= 0.6 is 0 Å². The van der Waals surface area contributed by atoms with Crippen LogP contribution in [0.25, 0.3) is 0 Å². The summed E-state index contributed by atoms with van der Waals surface area (Å²) in [4.78, 5) is 34.4. The van der Waals surface area contributed by atoms with Crippen LogP contribution in [0, 0.1) is 12.8 Å². The molecule has 2 heterocycles. The average Bonchev–Trinajstić information content (AvgIpc) is 3.31. The molecule has 5 nitrogen and oxygen atoms in total. The molecule has 0 unspecified atom stereocenters. The third-order valence-electron chi connectivity index (χ3n) is 6.15. The molecule has 31 heavy (non-hydrogen) atoms. The summed E-state index contributed by atoms with van der Waals surface area (Å²) in [5, 5.41) is 1.73. The van der Waals surface area contributed by atoms with Crippen molar-refractivity contribution in [3.8, 4) is 0 Å². The van der Waals surface area contributed by atoms with Gasteiger partial charge in [0.25, 0.3) is 5.91 Å². The van der Waals surface area contributed by atoms with Crippen LogP contribution in [-0.4, -0.2) is 17.9 Å². The van der Waals surface area contributed by atoms with Crippen molar-refractivity contribution in [1.29, 1.82) is 0 Å². The summed E-state index contributed by atoms with van der Waals surface area (Å²) in [7, 11) is 0. The molecule has 0 radical (unpaired) electrons. The molecule has 2 saturated heterocycles. The zero-order chi connectivity index (χ0) is 21.5. The normalized spacial score (nSPS) is 22.8. The van der Waals surface area contributed by atoms with E-state index in [0.29, 0.717) is 5.69 Å². The average molecular weight is 412 g/mol. The summed E-state index contributed by atoms with van der Waals surface area (Å²) >= 11 is 0. The Labute approximate surface area is 181 Å². The first-order valence-corrected chi connectivity index (χ1v) is 10.6. The molecule has 3 aromatic carbocycles. The van der Waals surface area contributed by atoms with Crippen molar-refractivity contribution in [2.45, 2.75) is 32.4 Å². The maximum Gasteiger partial charge on any atom is 0.266 e. The van der Waals surface area contributed by atoms with Crippen LogP contribution in [0.3, 0.4) is 0 Å². The molecule has 0 aromatic heterocycles. The fourth-order valence-corrected chi connectivity index (χ4v) is 4.45. The molecule has 3 aromatic rings. The van der Waals surface area contributed by atoms with Gasteiger partial charge in [0.05, 0.1) is 17.4 Å². The van der Waals surface area contributed by atoms with Gasteiger partial charge in [0.1, 0.15) is 5.92 Å². The van der Waals surface area contributed by atoms with Crippen LogP contribution in [0.1, 0.15) is 29.7 Å². The third kappa shape index (κ3) is 3.22.